The van der Waals surface area contributed by atoms with E-state index in [2.05, 4.69) is 48.0 Å². The molecule has 2 fully saturated rings. The number of benzene rings is 1. The predicted molar refractivity (Wildman–Crippen MR) is 91.2 cm³/mol. The van der Waals surface area contributed by atoms with Gasteiger partial charge in [-0.1, -0.05) is 18.2 Å². The molecule has 0 unspecified atom stereocenters. The maximum absolute atomic E-state index is 13.0. The smallest absolute Gasteiger partial charge is 0.226 e. The monoisotopic (exact) mass is 308 g/mol. The Kier molecular flexibility index (Phi) is 3.51. The summed E-state index contributed by atoms with van der Waals surface area (Å²) in [6.07, 6.45) is 5.14. The Labute approximate surface area is 137 Å². The summed E-state index contributed by atoms with van der Waals surface area (Å²) < 4.78 is 0. The van der Waals surface area contributed by atoms with E-state index in [1.54, 1.807) is 0 Å². The van der Waals surface area contributed by atoms with Crippen molar-refractivity contribution < 1.29 is 4.79 Å². The number of aryl methyl sites for hydroxylation is 2. The van der Waals surface area contributed by atoms with E-state index in [9.17, 15) is 4.79 Å². The maximum atomic E-state index is 13.0. The van der Waals surface area contributed by atoms with Crippen molar-refractivity contribution >= 4 is 5.91 Å². The largest absolute Gasteiger partial charge is 0.363 e. The molecule has 3 atom stereocenters. The number of nitrogens with one attached hydrogen (secondary N) is 1. The molecule has 0 spiro atoms. The molecule has 23 heavy (non-hydrogen) atoms. The standard InChI is InChI=1S/C20H24N2O/c1-13-7-8-15(11-14(13)2)16-12-17(16)20(23)22-10-4-6-19(22)18-5-3-9-21-18/h3,5,7-9,11,16-17,19,21H,4,6,10,12H2,1-2H3/t16-,17-,19+/m0/s1. The Hall–Kier alpha value is -2.03. The Morgan fingerprint density at radius 1 is 1.22 bits per heavy atom. The molecule has 3 heteroatoms. The maximum Gasteiger partial charge on any atom is 0.226 e. The number of nitrogens with zero attached hydrogens (tertiary/aromatic N) is 1. The van der Waals surface area contributed by atoms with Crippen molar-refractivity contribution in [1.29, 1.82) is 0 Å². The first kappa shape index (κ1) is 14.6. The number of amides is 1. The van der Waals surface area contributed by atoms with Crippen molar-refractivity contribution in [3.05, 3.63) is 58.9 Å². The van der Waals surface area contributed by atoms with Gasteiger partial charge in [0.25, 0.3) is 0 Å². The van der Waals surface area contributed by atoms with Crippen LogP contribution in [0.3, 0.4) is 0 Å². The second-order valence-corrected chi connectivity index (χ2v) is 7.11. The molecule has 1 amide bonds. The second kappa shape index (κ2) is 5.55. The van der Waals surface area contributed by atoms with Crippen LogP contribution >= 0.6 is 0 Å². The van der Waals surface area contributed by atoms with Crippen molar-refractivity contribution in [3.8, 4) is 0 Å². The van der Waals surface area contributed by atoms with E-state index < -0.39 is 0 Å². The summed E-state index contributed by atoms with van der Waals surface area (Å²) in [4.78, 5) is 18.4. The van der Waals surface area contributed by atoms with Gasteiger partial charge in [-0.3, -0.25) is 4.79 Å². The average molecular weight is 308 g/mol. The van der Waals surface area contributed by atoms with Crippen LogP contribution in [-0.4, -0.2) is 22.3 Å². The number of rotatable bonds is 3. The lowest BCUT2D eigenvalue weighted by atomic mass is 10.0. The first-order chi connectivity index (χ1) is 11.1. The molecular weight excluding hydrogens is 284 g/mol. The quantitative estimate of drug-likeness (QED) is 0.910. The molecule has 2 heterocycles. The van der Waals surface area contributed by atoms with E-state index in [0.29, 0.717) is 11.8 Å². The third-order valence-corrected chi connectivity index (χ3v) is 5.58. The molecule has 1 saturated carbocycles. The van der Waals surface area contributed by atoms with Crippen LogP contribution in [0.2, 0.25) is 0 Å². The number of hydrogen-bond donors (Lipinski definition) is 1. The van der Waals surface area contributed by atoms with Crippen LogP contribution < -0.4 is 0 Å². The molecule has 2 aliphatic rings. The highest BCUT2D eigenvalue weighted by atomic mass is 16.2. The van der Waals surface area contributed by atoms with E-state index in [1.807, 2.05) is 12.3 Å². The van der Waals surface area contributed by atoms with E-state index in [0.717, 1.165) is 25.8 Å². The summed E-state index contributed by atoms with van der Waals surface area (Å²) >= 11 is 0. The van der Waals surface area contributed by atoms with Gasteiger partial charge >= 0.3 is 0 Å². The summed E-state index contributed by atoms with van der Waals surface area (Å²) in [6.45, 7) is 5.19. The van der Waals surface area contributed by atoms with Crippen LogP contribution in [-0.2, 0) is 4.79 Å². The van der Waals surface area contributed by atoms with E-state index >= 15 is 0 Å². The number of hydrogen-bond acceptors (Lipinski definition) is 1. The van der Waals surface area contributed by atoms with Crippen LogP contribution in [0.15, 0.2) is 36.5 Å². The Balaban J connectivity index is 1.49. The van der Waals surface area contributed by atoms with Crippen molar-refractivity contribution in [1.82, 2.24) is 9.88 Å². The Morgan fingerprint density at radius 3 is 2.83 bits per heavy atom. The topological polar surface area (TPSA) is 36.1 Å². The van der Waals surface area contributed by atoms with E-state index in [-0.39, 0.29) is 12.0 Å². The fourth-order valence-corrected chi connectivity index (χ4v) is 3.95. The van der Waals surface area contributed by atoms with Crippen LogP contribution in [0.4, 0.5) is 0 Å². The normalized spacial score (nSPS) is 26.5. The SMILES string of the molecule is Cc1ccc([C@@H]2C[C@@H]2C(=O)N2CCC[C@@H]2c2ccc[nH]2)cc1C. The summed E-state index contributed by atoms with van der Waals surface area (Å²) in [5, 5.41) is 0. The number of carbonyl (C=O) groups excluding carboxylic acids is 1. The lowest BCUT2D eigenvalue weighted by Crippen LogP contribution is -2.32. The molecule has 1 aromatic heterocycles. The second-order valence-electron chi connectivity index (χ2n) is 7.11. The zero-order valence-electron chi connectivity index (χ0n) is 13.9. The number of likely N-dealkylation sites (tertiary alicyclic amines) is 1. The first-order valence-electron chi connectivity index (χ1n) is 8.66. The van der Waals surface area contributed by atoms with Gasteiger partial charge in [-0.05, 0) is 67.9 Å². The van der Waals surface area contributed by atoms with Gasteiger partial charge in [0.15, 0.2) is 0 Å². The highest BCUT2D eigenvalue weighted by Gasteiger charge is 2.47. The van der Waals surface area contributed by atoms with Gasteiger partial charge in [-0.2, -0.15) is 0 Å². The van der Waals surface area contributed by atoms with Gasteiger partial charge < -0.3 is 9.88 Å². The molecule has 3 nitrogen and oxygen atoms in total. The molecule has 0 radical (unpaired) electrons. The van der Waals surface area contributed by atoms with Crippen molar-refractivity contribution in [3.63, 3.8) is 0 Å². The van der Waals surface area contributed by atoms with Crippen LogP contribution in [0.1, 0.15) is 53.6 Å². The minimum atomic E-state index is 0.188. The molecule has 0 bridgehead atoms. The van der Waals surface area contributed by atoms with Gasteiger partial charge in [0, 0.05) is 24.4 Å². The van der Waals surface area contributed by atoms with Gasteiger partial charge in [0.1, 0.15) is 0 Å². The van der Waals surface area contributed by atoms with Gasteiger partial charge in [-0.25, -0.2) is 0 Å². The fraction of sp³-hybridized carbons (Fsp3) is 0.450. The third-order valence-electron chi connectivity index (χ3n) is 5.58. The molecule has 1 N–H and O–H groups in total. The molecular formula is C20H24N2O. The lowest BCUT2D eigenvalue weighted by molar-refractivity contribution is -0.133. The zero-order valence-corrected chi connectivity index (χ0v) is 13.9. The summed E-state index contributed by atoms with van der Waals surface area (Å²) in [5.74, 6) is 0.963. The van der Waals surface area contributed by atoms with Gasteiger partial charge in [-0.15, -0.1) is 0 Å². The average Bonchev–Trinajstić information content (AvgIpc) is 2.96. The van der Waals surface area contributed by atoms with Crippen molar-refractivity contribution in [2.24, 2.45) is 5.92 Å². The third kappa shape index (κ3) is 2.58. The minimum Gasteiger partial charge on any atom is -0.363 e. The molecule has 2 aromatic rings. The fourth-order valence-electron chi connectivity index (χ4n) is 3.95. The molecule has 1 aromatic carbocycles. The lowest BCUT2D eigenvalue weighted by Gasteiger charge is -2.24. The highest BCUT2D eigenvalue weighted by Crippen LogP contribution is 2.50. The molecule has 1 aliphatic carbocycles. The van der Waals surface area contributed by atoms with E-state index in [1.165, 1.54) is 22.4 Å². The number of H-pyrrole nitrogens is 1. The highest BCUT2D eigenvalue weighted by molar-refractivity contribution is 5.83. The zero-order chi connectivity index (χ0) is 16.0. The Morgan fingerprint density at radius 2 is 2.09 bits per heavy atom. The summed E-state index contributed by atoms with van der Waals surface area (Å²) in [5.41, 5.74) is 5.16. The number of aromatic nitrogens is 1. The Bertz CT molecular complexity index is 719. The molecule has 120 valence electrons. The molecule has 4 rings (SSSR count). The summed E-state index contributed by atoms with van der Waals surface area (Å²) in [7, 11) is 0. The van der Waals surface area contributed by atoms with Gasteiger partial charge in [0.05, 0.1) is 6.04 Å². The molecule has 1 aliphatic heterocycles. The summed E-state index contributed by atoms with van der Waals surface area (Å²) in [6, 6.07) is 11.0. The van der Waals surface area contributed by atoms with Gasteiger partial charge in [0.2, 0.25) is 5.91 Å². The van der Waals surface area contributed by atoms with Crippen LogP contribution in [0.5, 0.6) is 0 Å². The minimum absolute atomic E-state index is 0.188. The van der Waals surface area contributed by atoms with Crippen molar-refractivity contribution in [2.45, 2.75) is 45.1 Å². The van der Waals surface area contributed by atoms with Crippen molar-refractivity contribution in [2.75, 3.05) is 6.54 Å². The predicted octanol–water partition coefficient (Wildman–Crippen LogP) is 4.10. The van der Waals surface area contributed by atoms with E-state index in [4.69, 9.17) is 0 Å². The number of aromatic amines is 1. The molecule has 1 saturated heterocycles. The number of carbonyl (C=O) groups is 1. The van der Waals surface area contributed by atoms with Crippen LogP contribution in [0, 0.1) is 19.8 Å². The van der Waals surface area contributed by atoms with Crippen LogP contribution in [0.25, 0.3) is 0 Å². The first-order valence-corrected chi connectivity index (χ1v) is 8.66.